The molecule has 1 atom stereocenters. The van der Waals surface area contributed by atoms with Crippen LogP contribution in [0.3, 0.4) is 0 Å². The van der Waals surface area contributed by atoms with E-state index in [1.807, 2.05) is 0 Å². The first kappa shape index (κ1) is 8.03. The first-order chi connectivity index (χ1) is 5.13. The zero-order valence-corrected chi connectivity index (χ0v) is 6.06. The number of carboxylic acids is 1. The van der Waals surface area contributed by atoms with Crippen LogP contribution in [0.5, 0.6) is 0 Å². The van der Waals surface area contributed by atoms with Gasteiger partial charge in [0.2, 0.25) is 6.17 Å². The van der Waals surface area contributed by atoms with Crippen LogP contribution in [0, 0.1) is 0 Å². The summed E-state index contributed by atoms with van der Waals surface area (Å²) < 4.78 is 0. The van der Waals surface area contributed by atoms with E-state index in [1.165, 1.54) is 12.3 Å². The van der Waals surface area contributed by atoms with E-state index in [2.05, 4.69) is 4.99 Å². The van der Waals surface area contributed by atoms with E-state index in [1.54, 1.807) is 0 Å². The van der Waals surface area contributed by atoms with E-state index in [4.69, 9.17) is 21.9 Å². The summed E-state index contributed by atoms with van der Waals surface area (Å²) in [4.78, 5) is 13.8. The second-order valence-electron chi connectivity index (χ2n) is 1.84. The van der Waals surface area contributed by atoms with Gasteiger partial charge in [-0.15, -0.1) is 0 Å². The molecule has 0 fully saturated rings. The van der Waals surface area contributed by atoms with Crippen LogP contribution in [0.4, 0.5) is 0 Å². The Morgan fingerprint density at radius 3 is 2.91 bits per heavy atom. The minimum atomic E-state index is -1.33. The molecular formula is C5H5ClN2O3. The molecule has 1 rings (SSSR count). The zero-order valence-electron chi connectivity index (χ0n) is 5.31. The Kier molecular flexibility index (Phi) is 2.11. The highest BCUT2D eigenvalue weighted by Gasteiger charge is 2.25. The lowest BCUT2D eigenvalue weighted by Crippen LogP contribution is -2.37. The molecule has 0 aliphatic carbocycles. The summed E-state index contributed by atoms with van der Waals surface area (Å²) in [6.45, 7) is 0. The predicted octanol–water partition coefficient (Wildman–Crippen LogP) is 0.253. The molecule has 11 heavy (non-hydrogen) atoms. The molecule has 0 amide bonds. The summed E-state index contributed by atoms with van der Waals surface area (Å²) in [5.41, 5.74) is 0. The van der Waals surface area contributed by atoms with Crippen LogP contribution in [0.1, 0.15) is 0 Å². The van der Waals surface area contributed by atoms with Gasteiger partial charge in [0, 0.05) is 6.21 Å². The van der Waals surface area contributed by atoms with Gasteiger partial charge in [-0.1, -0.05) is 11.6 Å². The normalized spacial score (nSPS) is 23.3. The van der Waals surface area contributed by atoms with Gasteiger partial charge in [0.25, 0.3) is 0 Å². The van der Waals surface area contributed by atoms with Crippen LogP contribution < -0.4 is 0 Å². The summed E-state index contributed by atoms with van der Waals surface area (Å²) in [5, 5.41) is 17.7. The first-order valence-electron chi connectivity index (χ1n) is 2.73. The maximum absolute atomic E-state index is 10.3. The van der Waals surface area contributed by atoms with Crippen molar-refractivity contribution in [2.45, 2.75) is 6.17 Å². The minimum Gasteiger partial charge on any atom is -0.478 e. The van der Waals surface area contributed by atoms with E-state index in [0.29, 0.717) is 5.06 Å². The molecule has 1 aliphatic heterocycles. The van der Waals surface area contributed by atoms with E-state index in [9.17, 15) is 4.79 Å². The lowest BCUT2D eigenvalue weighted by atomic mass is 10.4. The third-order valence-corrected chi connectivity index (χ3v) is 1.41. The lowest BCUT2D eigenvalue weighted by Gasteiger charge is -2.21. The number of aliphatic carboxylic acids is 1. The number of carboxylic acid groups (broad SMARTS) is 1. The van der Waals surface area contributed by atoms with Crippen molar-refractivity contribution < 1.29 is 15.1 Å². The molecule has 1 unspecified atom stereocenters. The zero-order chi connectivity index (χ0) is 8.43. The maximum atomic E-state index is 10.3. The molecule has 1 heterocycles. The highest BCUT2D eigenvalue weighted by molar-refractivity contribution is 6.30. The van der Waals surface area contributed by atoms with Crippen molar-refractivity contribution >= 4 is 23.8 Å². The fraction of sp³-hybridized carbons (Fsp3) is 0.200. The quantitative estimate of drug-likeness (QED) is 0.562. The summed E-state index contributed by atoms with van der Waals surface area (Å²) in [7, 11) is 0. The van der Waals surface area contributed by atoms with E-state index < -0.39 is 12.1 Å². The molecule has 0 spiro atoms. The number of hydroxylamine groups is 2. The van der Waals surface area contributed by atoms with Gasteiger partial charge in [-0.05, 0) is 6.08 Å². The van der Waals surface area contributed by atoms with E-state index in [0.717, 1.165) is 0 Å². The van der Waals surface area contributed by atoms with Gasteiger partial charge in [0.15, 0.2) is 0 Å². The maximum Gasteiger partial charge on any atom is 0.351 e. The van der Waals surface area contributed by atoms with Gasteiger partial charge in [-0.3, -0.25) is 10.2 Å². The van der Waals surface area contributed by atoms with Crippen LogP contribution in [0.25, 0.3) is 0 Å². The van der Waals surface area contributed by atoms with Gasteiger partial charge in [0.05, 0.1) is 0 Å². The number of rotatable bonds is 1. The van der Waals surface area contributed by atoms with Crippen LogP contribution >= 0.6 is 11.6 Å². The fourth-order valence-electron chi connectivity index (χ4n) is 0.611. The molecular weight excluding hydrogens is 172 g/mol. The van der Waals surface area contributed by atoms with E-state index in [-0.39, 0.29) is 5.16 Å². The molecule has 6 heteroatoms. The molecule has 0 aromatic heterocycles. The van der Waals surface area contributed by atoms with Crippen molar-refractivity contribution in [3.63, 3.8) is 0 Å². The molecule has 5 nitrogen and oxygen atoms in total. The Balaban J connectivity index is 2.81. The Labute approximate surface area is 67.2 Å². The third-order valence-electron chi connectivity index (χ3n) is 1.11. The lowest BCUT2D eigenvalue weighted by molar-refractivity contribution is -0.157. The second-order valence-corrected chi connectivity index (χ2v) is 2.23. The monoisotopic (exact) mass is 176 g/mol. The molecule has 0 aromatic rings. The molecule has 0 radical (unpaired) electrons. The van der Waals surface area contributed by atoms with Crippen molar-refractivity contribution in [1.29, 1.82) is 0 Å². The molecule has 1 aliphatic rings. The summed E-state index contributed by atoms with van der Waals surface area (Å²) in [6, 6.07) is 0. The summed E-state index contributed by atoms with van der Waals surface area (Å²) in [6.07, 6.45) is 1.20. The molecule has 0 saturated carbocycles. The van der Waals surface area contributed by atoms with Crippen molar-refractivity contribution in [1.82, 2.24) is 5.06 Å². The SMILES string of the molecule is O=C(O)C1N=CC=C(Cl)N1O. The number of allylic oxidation sites excluding steroid dienone is 1. The van der Waals surface area contributed by atoms with Gasteiger partial charge in [0.1, 0.15) is 5.16 Å². The minimum absolute atomic E-state index is 0.0626. The van der Waals surface area contributed by atoms with Crippen molar-refractivity contribution in [2.75, 3.05) is 0 Å². The average Bonchev–Trinajstić information content (AvgIpc) is 1.94. The number of nitrogens with zero attached hydrogens (tertiary/aromatic N) is 2. The Hall–Kier alpha value is -1.07. The summed E-state index contributed by atoms with van der Waals surface area (Å²) >= 11 is 5.39. The number of carbonyl (C=O) groups is 1. The van der Waals surface area contributed by atoms with Gasteiger partial charge in [-0.25, -0.2) is 9.86 Å². The largest absolute Gasteiger partial charge is 0.478 e. The highest BCUT2D eigenvalue weighted by atomic mass is 35.5. The second kappa shape index (κ2) is 2.89. The number of hydrogen-bond donors (Lipinski definition) is 2. The predicted molar refractivity (Wildman–Crippen MR) is 37.5 cm³/mol. The van der Waals surface area contributed by atoms with Gasteiger partial charge in [-0.2, -0.15) is 0 Å². The number of hydrogen-bond acceptors (Lipinski definition) is 4. The first-order valence-corrected chi connectivity index (χ1v) is 3.10. The highest BCUT2D eigenvalue weighted by Crippen LogP contribution is 2.14. The number of aliphatic imine (C=N–C) groups is 1. The van der Waals surface area contributed by atoms with Crippen molar-refractivity contribution in [3.8, 4) is 0 Å². The molecule has 0 saturated heterocycles. The molecule has 0 aromatic carbocycles. The van der Waals surface area contributed by atoms with Crippen LogP contribution in [0.15, 0.2) is 16.2 Å². The van der Waals surface area contributed by atoms with Gasteiger partial charge < -0.3 is 5.11 Å². The topological polar surface area (TPSA) is 73.1 Å². The fourth-order valence-corrected chi connectivity index (χ4v) is 0.760. The Bertz CT molecular complexity index is 238. The molecule has 2 N–H and O–H groups in total. The van der Waals surface area contributed by atoms with Crippen molar-refractivity contribution in [2.24, 2.45) is 4.99 Å². The number of halogens is 1. The Morgan fingerprint density at radius 1 is 1.82 bits per heavy atom. The van der Waals surface area contributed by atoms with E-state index >= 15 is 0 Å². The smallest absolute Gasteiger partial charge is 0.351 e. The molecule has 60 valence electrons. The van der Waals surface area contributed by atoms with Gasteiger partial charge >= 0.3 is 5.97 Å². The van der Waals surface area contributed by atoms with Crippen molar-refractivity contribution in [3.05, 3.63) is 11.2 Å². The molecule has 0 bridgehead atoms. The van der Waals surface area contributed by atoms with Crippen LogP contribution in [-0.2, 0) is 4.79 Å². The third kappa shape index (κ3) is 1.50. The summed E-state index contributed by atoms with van der Waals surface area (Å²) in [5.74, 6) is -1.25. The average molecular weight is 177 g/mol. The van der Waals surface area contributed by atoms with Crippen LogP contribution in [-0.4, -0.2) is 33.7 Å². The standard InChI is InChI=1S/C5H5ClN2O3/c6-3-1-2-7-4(5(9)10)8(3)11/h1-2,4,11H,(H,9,10). The van der Waals surface area contributed by atoms with Crippen LogP contribution in [0.2, 0.25) is 0 Å². The Morgan fingerprint density at radius 2 is 2.45 bits per heavy atom.